The molecule has 0 saturated carbocycles. The van der Waals surface area contributed by atoms with Crippen molar-refractivity contribution in [3.63, 3.8) is 0 Å². The maximum absolute atomic E-state index is 11.8. The van der Waals surface area contributed by atoms with Crippen LogP contribution in [0, 0.1) is 13.8 Å². The molecule has 0 N–H and O–H groups in total. The molecule has 2 rings (SSSR count). The first-order valence-electron chi connectivity index (χ1n) is 7.95. The van der Waals surface area contributed by atoms with Gasteiger partial charge in [-0.25, -0.2) is 12.7 Å². The van der Waals surface area contributed by atoms with Gasteiger partial charge in [-0.3, -0.25) is 9.58 Å². The molecule has 1 aliphatic rings. The van der Waals surface area contributed by atoms with E-state index in [-0.39, 0.29) is 5.75 Å². The van der Waals surface area contributed by atoms with Crippen molar-refractivity contribution in [2.45, 2.75) is 45.7 Å². The summed E-state index contributed by atoms with van der Waals surface area (Å²) in [7, 11) is 0.108. The average Bonchev–Trinajstić information content (AvgIpc) is 2.97. The number of likely N-dealkylation sites (tertiary alicyclic amines) is 1. The summed E-state index contributed by atoms with van der Waals surface area (Å²) in [6.07, 6.45) is 3.04. The Morgan fingerprint density at radius 1 is 1.36 bits per heavy atom. The molecular formula is C15H28N4O2S. The van der Waals surface area contributed by atoms with E-state index >= 15 is 0 Å². The fourth-order valence-corrected chi connectivity index (χ4v) is 3.95. The first kappa shape index (κ1) is 17.4. The summed E-state index contributed by atoms with van der Waals surface area (Å²) < 4.78 is 27.0. The minimum Gasteiger partial charge on any atom is -0.299 e. The zero-order valence-corrected chi connectivity index (χ0v) is 14.9. The molecule has 126 valence electrons. The molecule has 1 atom stereocenters. The minimum absolute atomic E-state index is 0.225. The van der Waals surface area contributed by atoms with Gasteiger partial charge in [0.1, 0.15) is 0 Å². The Bertz CT molecular complexity index is 595. The standard InChI is InChI=1S/C15H28N4O2S/c1-13-11-14(2)19(16-13)12-15-7-5-8-18(15)9-6-10-22(20,21)17(3)4/h11,15H,5-10,12H2,1-4H3/t15-/m1/s1. The van der Waals surface area contributed by atoms with Gasteiger partial charge in [-0.15, -0.1) is 0 Å². The summed E-state index contributed by atoms with van der Waals surface area (Å²) in [6, 6.07) is 2.57. The van der Waals surface area contributed by atoms with Crippen LogP contribution in [-0.2, 0) is 16.6 Å². The molecule has 0 aromatic carbocycles. The van der Waals surface area contributed by atoms with Gasteiger partial charge in [0, 0.05) is 25.8 Å². The Labute approximate surface area is 134 Å². The molecule has 2 heterocycles. The molecule has 0 radical (unpaired) electrons. The van der Waals surface area contributed by atoms with E-state index in [1.54, 1.807) is 14.1 Å². The zero-order valence-electron chi connectivity index (χ0n) is 14.1. The Hall–Kier alpha value is -0.920. The Balaban J connectivity index is 1.87. The molecule has 6 nitrogen and oxygen atoms in total. The third-order valence-corrected chi connectivity index (χ3v) is 6.31. The monoisotopic (exact) mass is 328 g/mol. The van der Waals surface area contributed by atoms with Crippen LogP contribution in [-0.4, -0.2) is 66.4 Å². The van der Waals surface area contributed by atoms with E-state index in [1.165, 1.54) is 22.8 Å². The van der Waals surface area contributed by atoms with Gasteiger partial charge in [-0.2, -0.15) is 5.10 Å². The molecule has 0 spiro atoms. The molecule has 1 aliphatic heterocycles. The molecule has 1 fully saturated rings. The largest absolute Gasteiger partial charge is 0.299 e. The fraction of sp³-hybridized carbons (Fsp3) is 0.800. The number of hydrogen-bond donors (Lipinski definition) is 0. The van der Waals surface area contributed by atoms with Crippen molar-refractivity contribution in [1.29, 1.82) is 0 Å². The van der Waals surface area contributed by atoms with Crippen molar-refractivity contribution < 1.29 is 8.42 Å². The lowest BCUT2D eigenvalue weighted by Gasteiger charge is -2.25. The van der Waals surface area contributed by atoms with Crippen LogP contribution < -0.4 is 0 Å². The van der Waals surface area contributed by atoms with Crippen LogP contribution >= 0.6 is 0 Å². The number of aryl methyl sites for hydroxylation is 2. The summed E-state index contributed by atoms with van der Waals surface area (Å²) in [5.74, 6) is 0.225. The van der Waals surface area contributed by atoms with E-state index in [0.717, 1.165) is 25.3 Å². The molecular weight excluding hydrogens is 300 g/mol. The normalized spacial score (nSPS) is 20.1. The number of aromatic nitrogens is 2. The first-order valence-corrected chi connectivity index (χ1v) is 9.56. The van der Waals surface area contributed by atoms with Gasteiger partial charge < -0.3 is 0 Å². The van der Waals surface area contributed by atoms with Crippen LogP contribution in [0.3, 0.4) is 0 Å². The smallest absolute Gasteiger partial charge is 0.213 e. The lowest BCUT2D eigenvalue weighted by molar-refractivity contribution is 0.226. The number of nitrogens with zero attached hydrogens (tertiary/aromatic N) is 4. The molecule has 7 heteroatoms. The van der Waals surface area contributed by atoms with Crippen LogP contribution in [0.5, 0.6) is 0 Å². The zero-order chi connectivity index (χ0) is 16.3. The van der Waals surface area contributed by atoms with Gasteiger partial charge in [0.2, 0.25) is 10.0 Å². The van der Waals surface area contributed by atoms with Gasteiger partial charge >= 0.3 is 0 Å². The number of rotatable bonds is 7. The van der Waals surface area contributed by atoms with Crippen LogP contribution in [0.1, 0.15) is 30.7 Å². The highest BCUT2D eigenvalue weighted by molar-refractivity contribution is 7.89. The number of sulfonamides is 1. The second kappa shape index (κ2) is 7.10. The van der Waals surface area contributed by atoms with Crippen molar-refractivity contribution in [2.24, 2.45) is 0 Å². The topological polar surface area (TPSA) is 58.4 Å². The summed E-state index contributed by atoms with van der Waals surface area (Å²) in [6.45, 7) is 6.91. The quantitative estimate of drug-likeness (QED) is 0.756. The van der Waals surface area contributed by atoms with Gasteiger partial charge in [-0.1, -0.05) is 0 Å². The molecule has 1 aromatic heterocycles. The second-order valence-electron chi connectivity index (χ2n) is 6.39. The van der Waals surface area contributed by atoms with Crippen molar-refractivity contribution in [3.8, 4) is 0 Å². The molecule has 1 saturated heterocycles. The van der Waals surface area contributed by atoms with Gasteiger partial charge in [0.15, 0.2) is 0 Å². The van der Waals surface area contributed by atoms with Crippen LogP contribution in [0.25, 0.3) is 0 Å². The van der Waals surface area contributed by atoms with Gasteiger partial charge in [0.25, 0.3) is 0 Å². The minimum atomic E-state index is -3.08. The average molecular weight is 328 g/mol. The first-order chi connectivity index (χ1) is 10.3. The van der Waals surface area contributed by atoms with E-state index < -0.39 is 10.0 Å². The molecule has 0 amide bonds. The van der Waals surface area contributed by atoms with Gasteiger partial charge in [0.05, 0.1) is 18.0 Å². The van der Waals surface area contributed by atoms with Crippen molar-refractivity contribution in [3.05, 3.63) is 17.5 Å². The SMILES string of the molecule is Cc1cc(C)n(C[C@H]2CCCN2CCCS(=O)(=O)N(C)C)n1. The van der Waals surface area contributed by atoms with Crippen LogP contribution in [0.4, 0.5) is 0 Å². The van der Waals surface area contributed by atoms with Crippen LogP contribution in [0.15, 0.2) is 6.07 Å². The van der Waals surface area contributed by atoms with Gasteiger partial charge in [-0.05, 0) is 52.3 Å². The lowest BCUT2D eigenvalue weighted by atomic mass is 10.2. The summed E-state index contributed by atoms with van der Waals surface area (Å²) in [4.78, 5) is 2.42. The van der Waals surface area contributed by atoms with Crippen molar-refractivity contribution >= 4 is 10.0 Å². The van der Waals surface area contributed by atoms with E-state index in [1.807, 2.05) is 6.92 Å². The summed E-state index contributed by atoms with van der Waals surface area (Å²) >= 11 is 0. The summed E-state index contributed by atoms with van der Waals surface area (Å²) in [5, 5.41) is 4.54. The molecule has 1 aromatic rings. The second-order valence-corrected chi connectivity index (χ2v) is 8.70. The van der Waals surface area contributed by atoms with E-state index in [9.17, 15) is 8.42 Å². The van der Waals surface area contributed by atoms with Crippen LogP contribution in [0.2, 0.25) is 0 Å². The van der Waals surface area contributed by atoms with E-state index in [2.05, 4.69) is 27.7 Å². The lowest BCUT2D eigenvalue weighted by Crippen LogP contribution is -2.35. The van der Waals surface area contributed by atoms with E-state index in [4.69, 9.17) is 0 Å². The predicted octanol–water partition coefficient (Wildman–Crippen LogP) is 1.25. The Morgan fingerprint density at radius 3 is 2.68 bits per heavy atom. The third kappa shape index (κ3) is 4.30. The van der Waals surface area contributed by atoms with E-state index in [0.29, 0.717) is 12.5 Å². The molecule has 0 bridgehead atoms. The molecule has 22 heavy (non-hydrogen) atoms. The highest BCUT2D eigenvalue weighted by Gasteiger charge is 2.25. The van der Waals surface area contributed by atoms with Crippen molar-refractivity contribution in [2.75, 3.05) is 32.9 Å². The maximum Gasteiger partial charge on any atom is 0.213 e. The Morgan fingerprint density at radius 2 is 2.09 bits per heavy atom. The predicted molar refractivity (Wildman–Crippen MR) is 88.4 cm³/mol. The molecule has 0 unspecified atom stereocenters. The van der Waals surface area contributed by atoms with Crippen molar-refractivity contribution in [1.82, 2.24) is 19.0 Å². The summed E-state index contributed by atoms with van der Waals surface area (Å²) in [5.41, 5.74) is 2.25. The number of hydrogen-bond acceptors (Lipinski definition) is 4. The molecule has 0 aliphatic carbocycles. The highest BCUT2D eigenvalue weighted by Crippen LogP contribution is 2.20. The maximum atomic E-state index is 11.8. The fourth-order valence-electron chi connectivity index (χ4n) is 3.09. The highest BCUT2D eigenvalue weighted by atomic mass is 32.2. The Kier molecular flexibility index (Phi) is 5.63. The third-order valence-electron chi connectivity index (χ3n) is 4.39.